The van der Waals surface area contributed by atoms with E-state index in [9.17, 15) is 4.79 Å². The number of carbonyl (C=O) groups is 1. The lowest BCUT2D eigenvalue weighted by atomic mass is 10.1. The van der Waals surface area contributed by atoms with Crippen molar-refractivity contribution in [2.45, 2.75) is 32.9 Å². The van der Waals surface area contributed by atoms with Crippen molar-refractivity contribution in [3.05, 3.63) is 0 Å². The molecule has 0 aromatic heterocycles. The third-order valence-corrected chi connectivity index (χ3v) is 3.30. The van der Waals surface area contributed by atoms with Gasteiger partial charge < -0.3 is 10.5 Å². The topological polar surface area (TPSA) is 58.8 Å². The molecule has 0 bridgehead atoms. The maximum absolute atomic E-state index is 11.4. The molecule has 2 unspecified atom stereocenters. The molecule has 5 nitrogen and oxygen atoms in total. The molecule has 17 heavy (non-hydrogen) atoms. The summed E-state index contributed by atoms with van der Waals surface area (Å²) >= 11 is 0. The zero-order valence-electron chi connectivity index (χ0n) is 11.2. The molecular weight excluding hydrogens is 218 g/mol. The van der Waals surface area contributed by atoms with Crippen LogP contribution in [0.4, 0.5) is 0 Å². The summed E-state index contributed by atoms with van der Waals surface area (Å²) in [5.74, 6) is -0.293. The molecule has 0 aromatic rings. The van der Waals surface area contributed by atoms with Gasteiger partial charge in [0.2, 0.25) is 0 Å². The zero-order chi connectivity index (χ0) is 12.8. The van der Waals surface area contributed by atoms with E-state index in [4.69, 9.17) is 10.5 Å². The first kappa shape index (κ1) is 14.4. The summed E-state index contributed by atoms with van der Waals surface area (Å²) in [7, 11) is 0. The minimum Gasteiger partial charge on any atom is -0.465 e. The van der Waals surface area contributed by atoms with Crippen molar-refractivity contribution >= 4 is 5.97 Å². The van der Waals surface area contributed by atoms with Gasteiger partial charge in [-0.1, -0.05) is 6.92 Å². The number of ether oxygens (including phenoxy) is 1. The number of hydrogen-bond donors (Lipinski definition) is 1. The fraction of sp³-hybridized carbons (Fsp3) is 0.917. The number of likely N-dealkylation sites (N-methyl/N-ethyl adjacent to an activating group) is 1. The molecule has 0 aliphatic carbocycles. The predicted octanol–water partition coefficient (Wildman–Crippen LogP) is -0.0972. The number of hydrogen-bond acceptors (Lipinski definition) is 5. The summed E-state index contributed by atoms with van der Waals surface area (Å²) in [5.41, 5.74) is 5.82. The quantitative estimate of drug-likeness (QED) is 0.684. The van der Waals surface area contributed by atoms with Gasteiger partial charge in [-0.05, 0) is 20.4 Å². The van der Waals surface area contributed by atoms with Gasteiger partial charge in [0, 0.05) is 32.2 Å². The Morgan fingerprint density at radius 1 is 1.47 bits per heavy atom. The smallest absolute Gasteiger partial charge is 0.324 e. The number of esters is 1. The Kier molecular flexibility index (Phi) is 5.88. The molecule has 1 aliphatic rings. The maximum Gasteiger partial charge on any atom is 0.324 e. The highest BCUT2D eigenvalue weighted by Crippen LogP contribution is 2.09. The van der Waals surface area contributed by atoms with Crippen LogP contribution in [0.3, 0.4) is 0 Å². The first-order valence-corrected chi connectivity index (χ1v) is 6.47. The Balaban J connectivity index is 2.35. The third-order valence-electron chi connectivity index (χ3n) is 3.30. The van der Waals surface area contributed by atoms with Crippen molar-refractivity contribution in [3.63, 3.8) is 0 Å². The number of nitrogens with zero attached hydrogens (tertiary/aromatic N) is 2. The Bertz CT molecular complexity index is 248. The molecule has 1 saturated heterocycles. The van der Waals surface area contributed by atoms with Crippen LogP contribution in [-0.4, -0.2) is 67.2 Å². The van der Waals surface area contributed by atoms with E-state index in [0.717, 1.165) is 26.2 Å². The Morgan fingerprint density at radius 2 is 2.18 bits per heavy atom. The number of piperazine rings is 1. The Hall–Kier alpha value is -0.650. The summed E-state index contributed by atoms with van der Waals surface area (Å²) in [5, 5.41) is 0. The van der Waals surface area contributed by atoms with E-state index in [1.807, 2.05) is 0 Å². The molecule has 1 rings (SSSR count). The summed E-state index contributed by atoms with van der Waals surface area (Å²) < 4.78 is 4.91. The van der Waals surface area contributed by atoms with Crippen molar-refractivity contribution in [1.29, 1.82) is 0 Å². The molecule has 2 N–H and O–H groups in total. The average Bonchev–Trinajstić information content (AvgIpc) is 2.29. The van der Waals surface area contributed by atoms with Crippen LogP contribution < -0.4 is 5.73 Å². The molecule has 0 saturated carbocycles. The first-order valence-electron chi connectivity index (χ1n) is 6.47. The fourth-order valence-corrected chi connectivity index (χ4v) is 2.31. The van der Waals surface area contributed by atoms with Crippen LogP contribution in [0.15, 0.2) is 0 Å². The number of carbonyl (C=O) groups excluding carboxylic acids is 1. The van der Waals surface area contributed by atoms with Gasteiger partial charge in [-0.25, -0.2) is 0 Å². The van der Waals surface area contributed by atoms with Gasteiger partial charge in [-0.3, -0.25) is 14.6 Å². The van der Waals surface area contributed by atoms with Crippen LogP contribution in [0.2, 0.25) is 0 Å². The summed E-state index contributed by atoms with van der Waals surface area (Å²) in [4.78, 5) is 16.1. The zero-order valence-corrected chi connectivity index (χ0v) is 11.2. The second kappa shape index (κ2) is 6.93. The second-order valence-electron chi connectivity index (χ2n) is 4.60. The lowest BCUT2D eigenvalue weighted by Crippen LogP contribution is -2.55. The van der Waals surface area contributed by atoms with Gasteiger partial charge in [0.15, 0.2) is 0 Å². The molecule has 0 amide bonds. The van der Waals surface area contributed by atoms with Crippen molar-refractivity contribution in [2.24, 2.45) is 5.73 Å². The van der Waals surface area contributed by atoms with Gasteiger partial charge in [-0.15, -0.1) is 0 Å². The van der Waals surface area contributed by atoms with E-state index in [1.165, 1.54) is 0 Å². The van der Waals surface area contributed by atoms with Crippen molar-refractivity contribution < 1.29 is 9.53 Å². The van der Waals surface area contributed by atoms with Crippen molar-refractivity contribution in [2.75, 3.05) is 39.3 Å². The monoisotopic (exact) mass is 243 g/mol. The van der Waals surface area contributed by atoms with E-state index in [-0.39, 0.29) is 5.97 Å². The van der Waals surface area contributed by atoms with Crippen molar-refractivity contribution in [1.82, 2.24) is 9.80 Å². The molecule has 0 aromatic carbocycles. The standard InChI is InChI=1S/C12H25N3O2/c1-4-15-7-6-14(8-10(15)3)9-11(13)12(16)17-5-2/h10-11H,4-9,13H2,1-3H3. The SMILES string of the molecule is CCOC(=O)C(N)CN1CCN(CC)C(C)C1. The van der Waals surface area contributed by atoms with Gasteiger partial charge in [-0.2, -0.15) is 0 Å². The largest absolute Gasteiger partial charge is 0.465 e. The fourth-order valence-electron chi connectivity index (χ4n) is 2.31. The van der Waals surface area contributed by atoms with E-state index >= 15 is 0 Å². The lowest BCUT2D eigenvalue weighted by Gasteiger charge is -2.39. The number of nitrogens with two attached hydrogens (primary N) is 1. The summed E-state index contributed by atoms with van der Waals surface area (Å²) in [6.45, 7) is 11.3. The van der Waals surface area contributed by atoms with E-state index < -0.39 is 6.04 Å². The van der Waals surface area contributed by atoms with Gasteiger partial charge in [0.1, 0.15) is 6.04 Å². The highest BCUT2D eigenvalue weighted by Gasteiger charge is 2.25. The molecule has 100 valence electrons. The predicted molar refractivity (Wildman–Crippen MR) is 67.8 cm³/mol. The molecule has 1 heterocycles. The summed E-state index contributed by atoms with van der Waals surface area (Å²) in [6, 6.07) is 0.0125. The third kappa shape index (κ3) is 4.26. The van der Waals surface area contributed by atoms with Crippen LogP contribution in [0, 0.1) is 0 Å². The van der Waals surface area contributed by atoms with Gasteiger partial charge >= 0.3 is 5.97 Å². The Morgan fingerprint density at radius 3 is 2.71 bits per heavy atom. The highest BCUT2D eigenvalue weighted by atomic mass is 16.5. The number of rotatable bonds is 5. The van der Waals surface area contributed by atoms with Gasteiger partial charge in [0.25, 0.3) is 0 Å². The maximum atomic E-state index is 11.4. The minimum absolute atomic E-state index is 0.293. The second-order valence-corrected chi connectivity index (χ2v) is 4.60. The summed E-state index contributed by atoms with van der Waals surface area (Å²) in [6.07, 6.45) is 0. The minimum atomic E-state index is -0.518. The average molecular weight is 243 g/mol. The van der Waals surface area contributed by atoms with Crippen LogP contribution in [0.1, 0.15) is 20.8 Å². The first-order chi connectivity index (χ1) is 8.08. The Labute approximate surface area is 104 Å². The molecular formula is C12H25N3O2. The van der Waals surface area contributed by atoms with E-state index in [0.29, 0.717) is 19.2 Å². The molecule has 0 spiro atoms. The highest BCUT2D eigenvalue weighted by molar-refractivity contribution is 5.75. The molecule has 1 fully saturated rings. The molecule has 5 heteroatoms. The van der Waals surface area contributed by atoms with Crippen molar-refractivity contribution in [3.8, 4) is 0 Å². The van der Waals surface area contributed by atoms with Crippen LogP contribution in [0.5, 0.6) is 0 Å². The van der Waals surface area contributed by atoms with Crippen LogP contribution >= 0.6 is 0 Å². The molecule has 1 aliphatic heterocycles. The van der Waals surface area contributed by atoms with E-state index in [1.54, 1.807) is 6.92 Å². The van der Waals surface area contributed by atoms with Crippen LogP contribution in [0.25, 0.3) is 0 Å². The van der Waals surface area contributed by atoms with Crippen LogP contribution in [-0.2, 0) is 9.53 Å². The molecule has 2 atom stereocenters. The molecule has 0 radical (unpaired) electrons. The lowest BCUT2D eigenvalue weighted by molar-refractivity contribution is -0.145. The normalized spacial score (nSPS) is 24.6. The van der Waals surface area contributed by atoms with E-state index in [2.05, 4.69) is 23.6 Å². The van der Waals surface area contributed by atoms with Gasteiger partial charge in [0.05, 0.1) is 6.61 Å².